The molecule has 0 bridgehead atoms. The number of rotatable bonds is 6. The average molecular weight is 481 g/mol. The SMILES string of the molecule is O=C(CSc1ccc(NC(=O)c2ccc3ccccc3c2)cc1)Nc1cc(Cl)cc(Cl)c1. The number of hydrogen-bond acceptors (Lipinski definition) is 3. The molecule has 7 heteroatoms. The van der Waals surface area contributed by atoms with Gasteiger partial charge in [0.25, 0.3) is 5.91 Å². The molecule has 0 heterocycles. The summed E-state index contributed by atoms with van der Waals surface area (Å²) in [6.45, 7) is 0. The molecule has 160 valence electrons. The molecule has 0 atom stereocenters. The summed E-state index contributed by atoms with van der Waals surface area (Å²) in [6, 6.07) is 25.8. The summed E-state index contributed by atoms with van der Waals surface area (Å²) in [6.07, 6.45) is 0. The van der Waals surface area contributed by atoms with Crippen molar-refractivity contribution in [2.24, 2.45) is 0 Å². The topological polar surface area (TPSA) is 58.2 Å². The van der Waals surface area contributed by atoms with E-state index in [0.29, 0.717) is 27.0 Å². The highest BCUT2D eigenvalue weighted by Gasteiger charge is 2.08. The molecule has 0 aromatic heterocycles. The summed E-state index contributed by atoms with van der Waals surface area (Å²) in [5.74, 6) is -0.106. The summed E-state index contributed by atoms with van der Waals surface area (Å²) >= 11 is 13.3. The number of anilines is 2. The fourth-order valence-electron chi connectivity index (χ4n) is 3.14. The van der Waals surface area contributed by atoms with E-state index in [-0.39, 0.29) is 17.6 Å². The predicted octanol–water partition coefficient (Wildman–Crippen LogP) is 7.13. The number of amides is 2. The van der Waals surface area contributed by atoms with Gasteiger partial charge in [-0.15, -0.1) is 11.8 Å². The first kappa shape index (κ1) is 22.2. The zero-order valence-corrected chi connectivity index (χ0v) is 19.1. The van der Waals surface area contributed by atoms with E-state index in [9.17, 15) is 9.59 Å². The van der Waals surface area contributed by atoms with E-state index in [1.54, 1.807) is 18.2 Å². The maximum Gasteiger partial charge on any atom is 0.255 e. The monoisotopic (exact) mass is 480 g/mol. The molecular weight excluding hydrogens is 463 g/mol. The van der Waals surface area contributed by atoms with E-state index < -0.39 is 0 Å². The van der Waals surface area contributed by atoms with Crippen molar-refractivity contribution in [1.82, 2.24) is 0 Å². The van der Waals surface area contributed by atoms with E-state index in [0.717, 1.165) is 15.7 Å². The summed E-state index contributed by atoms with van der Waals surface area (Å²) < 4.78 is 0. The Morgan fingerprint density at radius 2 is 1.41 bits per heavy atom. The molecule has 4 nitrogen and oxygen atoms in total. The standard InChI is InChI=1S/C25H18Cl2N2O2S/c26-19-12-20(27)14-22(13-19)28-24(30)15-32-23-9-7-21(8-10-23)29-25(31)18-6-5-16-3-1-2-4-17(16)11-18/h1-14H,15H2,(H,28,30)(H,29,31). The van der Waals surface area contributed by atoms with Gasteiger partial charge >= 0.3 is 0 Å². The second-order valence-electron chi connectivity index (χ2n) is 7.04. The zero-order valence-electron chi connectivity index (χ0n) is 16.8. The van der Waals surface area contributed by atoms with Crippen LogP contribution in [0.15, 0.2) is 89.8 Å². The van der Waals surface area contributed by atoms with Gasteiger partial charge < -0.3 is 10.6 Å². The smallest absolute Gasteiger partial charge is 0.255 e. The molecule has 4 aromatic carbocycles. The third-order valence-electron chi connectivity index (χ3n) is 4.64. The lowest BCUT2D eigenvalue weighted by Crippen LogP contribution is -2.14. The van der Waals surface area contributed by atoms with Crippen molar-refractivity contribution >= 4 is 68.9 Å². The van der Waals surface area contributed by atoms with Crippen LogP contribution in [0.25, 0.3) is 10.8 Å². The van der Waals surface area contributed by atoms with Crippen molar-refractivity contribution in [3.63, 3.8) is 0 Å². The lowest BCUT2D eigenvalue weighted by atomic mass is 10.1. The van der Waals surface area contributed by atoms with Crippen LogP contribution in [-0.2, 0) is 4.79 Å². The highest BCUT2D eigenvalue weighted by atomic mass is 35.5. The zero-order chi connectivity index (χ0) is 22.5. The van der Waals surface area contributed by atoms with Gasteiger partial charge in [0.2, 0.25) is 5.91 Å². The number of fused-ring (bicyclic) bond motifs is 1. The minimum absolute atomic E-state index is 0.165. The van der Waals surface area contributed by atoms with Crippen LogP contribution in [0.2, 0.25) is 10.0 Å². The van der Waals surface area contributed by atoms with Gasteiger partial charge in [0, 0.05) is 31.9 Å². The summed E-state index contributed by atoms with van der Waals surface area (Å²) in [5, 5.41) is 8.71. The Morgan fingerprint density at radius 1 is 0.719 bits per heavy atom. The Balaban J connectivity index is 1.32. The van der Waals surface area contributed by atoms with Crippen LogP contribution in [0.4, 0.5) is 11.4 Å². The van der Waals surface area contributed by atoms with Crippen molar-refractivity contribution < 1.29 is 9.59 Å². The molecule has 2 amide bonds. The van der Waals surface area contributed by atoms with E-state index in [1.165, 1.54) is 11.8 Å². The van der Waals surface area contributed by atoms with Gasteiger partial charge in [0.05, 0.1) is 5.75 Å². The van der Waals surface area contributed by atoms with E-state index in [4.69, 9.17) is 23.2 Å². The summed E-state index contributed by atoms with van der Waals surface area (Å²) in [5.41, 5.74) is 1.84. The minimum atomic E-state index is -0.171. The van der Waals surface area contributed by atoms with Crippen molar-refractivity contribution in [3.8, 4) is 0 Å². The first-order valence-corrected chi connectivity index (χ1v) is 11.5. The minimum Gasteiger partial charge on any atom is -0.325 e. The first-order chi connectivity index (χ1) is 15.5. The lowest BCUT2D eigenvalue weighted by Gasteiger charge is -2.08. The van der Waals surface area contributed by atoms with Crippen LogP contribution < -0.4 is 10.6 Å². The van der Waals surface area contributed by atoms with E-state index in [1.807, 2.05) is 66.7 Å². The molecule has 0 aliphatic heterocycles. The molecule has 4 aromatic rings. The average Bonchev–Trinajstić information content (AvgIpc) is 2.77. The van der Waals surface area contributed by atoms with Crippen LogP contribution in [0, 0.1) is 0 Å². The maximum absolute atomic E-state index is 12.6. The quantitative estimate of drug-likeness (QED) is 0.288. The largest absolute Gasteiger partial charge is 0.325 e. The fraction of sp³-hybridized carbons (Fsp3) is 0.0400. The predicted molar refractivity (Wildman–Crippen MR) is 134 cm³/mol. The fourth-order valence-corrected chi connectivity index (χ4v) is 4.36. The van der Waals surface area contributed by atoms with E-state index >= 15 is 0 Å². The summed E-state index contributed by atoms with van der Waals surface area (Å²) in [4.78, 5) is 25.7. The molecule has 0 aliphatic rings. The molecular formula is C25H18Cl2N2O2S. The van der Waals surface area contributed by atoms with Gasteiger partial charge in [-0.3, -0.25) is 9.59 Å². The van der Waals surface area contributed by atoms with Crippen LogP contribution >= 0.6 is 35.0 Å². The highest BCUT2D eigenvalue weighted by Crippen LogP contribution is 2.24. The molecule has 0 aliphatic carbocycles. The molecule has 0 unspecified atom stereocenters. The van der Waals surface area contributed by atoms with Gasteiger partial charge in [0.1, 0.15) is 0 Å². The number of halogens is 2. The van der Waals surface area contributed by atoms with Gasteiger partial charge in [-0.1, -0.05) is 53.5 Å². The highest BCUT2D eigenvalue weighted by molar-refractivity contribution is 8.00. The number of carbonyl (C=O) groups excluding carboxylic acids is 2. The molecule has 32 heavy (non-hydrogen) atoms. The van der Waals surface area contributed by atoms with E-state index in [2.05, 4.69) is 10.6 Å². The third-order valence-corrected chi connectivity index (χ3v) is 6.09. The van der Waals surface area contributed by atoms with Crippen molar-refractivity contribution in [2.75, 3.05) is 16.4 Å². The van der Waals surface area contributed by atoms with Crippen molar-refractivity contribution in [3.05, 3.63) is 101 Å². The Bertz CT molecular complexity index is 1270. The van der Waals surface area contributed by atoms with Crippen LogP contribution in [0.1, 0.15) is 10.4 Å². The molecule has 0 fully saturated rings. The van der Waals surface area contributed by atoms with Crippen molar-refractivity contribution in [2.45, 2.75) is 4.90 Å². The van der Waals surface area contributed by atoms with Crippen molar-refractivity contribution in [1.29, 1.82) is 0 Å². The Morgan fingerprint density at radius 3 is 2.12 bits per heavy atom. The van der Waals surface area contributed by atoms with Gasteiger partial charge in [-0.25, -0.2) is 0 Å². The van der Waals surface area contributed by atoms with Gasteiger partial charge in [-0.2, -0.15) is 0 Å². The summed E-state index contributed by atoms with van der Waals surface area (Å²) in [7, 11) is 0. The second kappa shape index (κ2) is 10.1. The van der Waals surface area contributed by atoms with Crippen LogP contribution in [0.5, 0.6) is 0 Å². The Hall–Kier alpha value is -2.99. The molecule has 0 spiro atoms. The maximum atomic E-state index is 12.6. The van der Waals surface area contributed by atoms with Gasteiger partial charge in [-0.05, 0) is 65.4 Å². The number of carbonyl (C=O) groups is 2. The lowest BCUT2D eigenvalue weighted by molar-refractivity contribution is -0.113. The number of nitrogens with one attached hydrogen (secondary N) is 2. The Kier molecular flexibility index (Phi) is 7.00. The molecule has 0 saturated carbocycles. The number of thioether (sulfide) groups is 1. The molecule has 4 rings (SSSR count). The number of hydrogen-bond donors (Lipinski definition) is 2. The second-order valence-corrected chi connectivity index (χ2v) is 8.96. The van der Waals surface area contributed by atoms with Gasteiger partial charge in [0.15, 0.2) is 0 Å². The van der Waals surface area contributed by atoms with Crippen LogP contribution in [0.3, 0.4) is 0 Å². The Labute approximate surface area is 199 Å². The molecule has 0 radical (unpaired) electrons. The third kappa shape index (κ3) is 5.82. The number of benzene rings is 4. The molecule has 0 saturated heterocycles. The van der Waals surface area contributed by atoms with Crippen LogP contribution in [-0.4, -0.2) is 17.6 Å². The molecule has 2 N–H and O–H groups in total. The first-order valence-electron chi connectivity index (χ1n) is 9.75. The normalized spacial score (nSPS) is 10.7.